The van der Waals surface area contributed by atoms with Crippen molar-refractivity contribution in [1.82, 2.24) is 4.98 Å². The van der Waals surface area contributed by atoms with Gasteiger partial charge in [-0.25, -0.2) is 4.98 Å². The van der Waals surface area contributed by atoms with E-state index in [9.17, 15) is 10.2 Å². The van der Waals surface area contributed by atoms with Crippen molar-refractivity contribution in [3.8, 4) is 5.75 Å². The Hall–Kier alpha value is -2.34. The standard InChI is InChI=1S/C16H17N3O2S/c1-8-4-5-11(12(20)6-8)19-7-13(21)14(15(19)17)16-18-9(2)10(3)22-16/h4-6,17,20-21H,7H2,1-3H3. The first-order valence-corrected chi connectivity index (χ1v) is 7.72. The Morgan fingerprint density at radius 3 is 2.55 bits per heavy atom. The van der Waals surface area contributed by atoms with Gasteiger partial charge in [-0.3, -0.25) is 5.41 Å². The smallest absolute Gasteiger partial charge is 0.139 e. The molecule has 3 rings (SSSR count). The second kappa shape index (κ2) is 5.14. The van der Waals surface area contributed by atoms with E-state index in [0.29, 0.717) is 16.3 Å². The van der Waals surface area contributed by atoms with Gasteiger partial charge in [-0.2, -0.15) is 0 Å². The molecule has 1 aromatic heterocycles. The highest BCUT2D eigenvalue weighted by Crippen LogP contribution is 2.37. The average molecular weight is 315 g/mol. The molecule has 22 heavy (non-hydrogen) atoms. The number of benzene rings is 1. The van der Waals surface area contributed by atoms with E-state index in [1.165, 1.54) is 11.3 Å². The Bertz CT molecular complexity index is 788. The summed E-state index contributed by atoms with van der Waals surface area (Å²) in [6.45, 7) is 5.94. The molecule has 0 unspecified atom stereocenters. The third kappa shape index (κ3) is 2.25. The zero-order valence-electron chi connectivity index (χ0n) is 12.6. The molecule has 0 fully saturated rings. The van der Waals surface area contributed by atoms with Gasteiger partial charge in [-0.05, 0) is 38.5 Å². The molecule has 0 aliphatic carbocycles. The lowest BCUT2D eigenvalue weighted by atomic mass is 10.2. The van der Waals surface area contributed by atoms with Crippen LogP contribution in [0.4, 0.5) is 5.69 Å². The number of amidine groups is 1. The summed E-state index contributed by atoms with van der Waals surface area (Å²) in [5, 5.41) is 29.4. The fourth-order valence-electron chi connectivity index (χ4n) is 2.45. The normalized spacial score (nSPS) is 15.0. The highest BCUT2D eigenvalue weighted by molar-refractivity contribution is 7.13. The van der Waals surface area contributed by atoms with Gasteiger partial charge < -0.3 is 15.1 Å². The van der Waals surface area contributed by atoms with Crippen LogP contribution in [0.1, 0.15) is 21.1 Å². The van der Waals surface area contributed by atoms with Crippen LogP contribution < -0.4 is 4.90 Å². The lowest BCUT2D eigenvalue weighted by Crippen LogP contribution is -2.26. The lowest BCUT2D eigenvalue weighted by Gasteiger charge is -2.20. The van der Waals surface area contributed by atoms with E-state index in [1.807, 2.05) is 26.8 Å². The molecule has 0 saturated heterocycles. The molecule has 0 radical (unpaired) electrons. The summed E-state index contributed by atoms with van der Waals surface area (Å²) in [7, 11) is 0. The molecule has 1 aliphatic heterocycles. The third-order valence-corrected chi connectivity index (χ3v) is 4.86. The van der Waals surface area contributed by atoms with Crippen LogP contribution in [-0.4, -0.2) is 27.6 Å². The van der Waals surface area contributed by atoms with Crippen molar-refractivity contribution in [2.45, 2.75) is 20.8 Å². The lowest BCUT2D eigenvalue weighted by molar-refractivity contribution is 0.411. The van der Waals surface area contributed by atoms with Crippen LogP contribution in [0, 0.1) is 26.2 Å². The molecule has 0 saturated carbocycles. The molecular weight excluding hydrogens is 298 g/mol. The number of rotatable bonds is 2. The molecule has 2 heterocycles. The van der Waals surface area contributed by atoms with Crippen molar-refractivity contribution in [3.05, 3.63) is 45.1 Å². The van der Waals surface area contributed by atoms with E-state index in [-0.39, 0.29) is 23.9 Å². The molecule has 1 aliphatic rings. The molecule has 2 aromatic rings. The van der Waals surface area contributed by atoms with Gasteiger partial charge in [0.25, 0.3) is 0 Å². The average Bonchev–Trinajstić information content (AvgIpc) is 2.90. The number of aryl methyl sites for hydroxylation is 3. The summed E-state index contributed by atoms with van der Waals surface area (Å²) in [6, 6.07) is 5.28. The highest BCUT2D eigenvalue weighted by Gasteiger charge is 2.32. The van der Waals surface area contributed by atoms with Gasteiger partial charge in [0.2, 0.25) is 0 Å². The highest BCUT2D eigenvalue weighted by atomic mass is 32.1. The van der Waals surface area contributed by atoms with E-state index in [4.69, 9.17) is 5.41 Å². The fraction of sp³-hybridized carbons (Fsp3) is 0.250. The van der Waals surface area contributed by atoms with Crippen LogP contribution >= 0.6 is 11.3 Å². The van der Waals surface area contributed by atoms with E-state index < -0.39 is 0 Å². The van der Waals surface area contributed by atoms with E-state index in [0.717, 1.165) is 16.1 Å². The number of aromatic nitrogens is 1. The second-order valence-electron chi connectivity index (χ2n) is 5.41. The molecule has 1 aromatic carbocycles. The maximum absolute atomic E-state index is 10.3. The van der Waals surface area contributed by atoms with Crippen molar-refractivity contribution in [1.29, 1.82) is 5.41 Å². The van der Waals surface area contributed by atoms with Gasteiger partial charge in [0.1, 0.15) is 22.4 Å². The molecule has 0 amide bonds. The van der Waals surface area contributed by atoms with Crippen molar-refractivity contribution < 1.29 is 10.2 Å². The van der Waals surface area contributed by atoms with Crippen molar-refractivity contribution in [2.24, 2.45) is 0 Å². The first kappa shape index (κ1) is 14.6. The predicted molar refractivity (Wildman–Crippen MR) is 89.1 cm³/mol. The summed E-state index contributed by atoms with van der Waals surface area (Å²) in [5.41, 5.74) is 2.81. The number of phenols is 1. The number of aliphatic hydroxyl groups is 1. The minimum atomic E-state index is 0.102. The number of nitrogens with zero attached hydrogens (tertiary/aromatic N) is 2. The maximum Gasteiger partial charge on any atom is 0.139 e. The molecule has 0 bridgehead atoms. The summed E-state index contributed by atoms with van der Waals surface area (Å²) in [6.07, 6.45) is 0. The fourth-order valence-corrected chi connectivity index (χ4v) is 3.43. The summed E-state index contributed by atoms with van der Waals surface area (Å²) >= 11 is 1.46. The summed E-state index contributed by atoms with van der Waals surface area (Å²) in [5.74, 6) is 0.370. The zero-order chi connectivity index (χ0) is 16.0. The number of thiazole rings is 1. The molecule has 0 spiro atoms. The Balaban J connectivity index is 1.99. The quantitative estimate of drug-likeness (QED) is 0.792. The summed E-state index contributed by atoms with van der Waals surface area (Å²) < 4.78 is 0. The zero-order valence-corrected chi connectivity index (χ0v) is 13.5. The summed E-state index contributed by atoms with van der Waals surface area (Å²) in [4.78, 5) is 7.09. The van der Waals surface area contributed by atoms with Gasteiger partial charge >= 0.3 is 0 Å². The number of phenolic OH excluding ortho intramolecular Hbond substituents is 1. The van der Waals surface area contributed by atoms with Crippen molar-refractivity contribution in [2.75, 3.05) is 11.4 Å². The first-order valence-electron chi connectivity index (χ1n) is 6.91. The van der Waals surface area contributed by atoms with Gasteiger partial charge in [0.15, 0.2) is 0 Å². The number of nitrogens with one attached hydrogen (secondary N) is 1. The second-order valence-corrected chi connectivity index (χ2v) is 6.61. The molecular formula is C16H17N3O2S. The van der Waals surface area contributed by atoms with Gasteiger partial charge in [0, 0.05) is 4.88 Å². The third-order valence-electron chi connectivity index (χ3n) is 3.77. The predicted octanol–water partition coefficient (Wildman–Crippen LogP) is 3.54. The topological polar surface area (TPSA) is 80.4 Å². The van der Waals surface area contributed by atoms with Crippen LogP contribution in [0.3, 0.4) is 0 Å². The first-order chi connectivity index (χ1) is 10.4. The molecule has 114 valence electrons. The van der Waals surface area contributed by atoms with Crippen LogP contribution in [0.25, 0.3) is 5.57 Å². The minimum absolute atomic E-state index is 0.102. The van der Waals surface area contributed by atoms with E-state index in [1.54, 1.807) is 17.0 Å². The molecule has 5 nitrogen and oxygen atoms in total. The Labute approximate surface area is 132 Å². The van der Waals surface area contributed by atoms with Crippen molar-refractivity contribution in [3.63, 3.8) is 0 Å². The van der Waals surface area contributed by atoms with Gasteiger partial charge in [-0.15, -0.1) is 11.3 Å². The molecule has 0 atom stereocenters. The Morgan fingerprint density at radius 1 is 1.23 bits per heavy atom. The van der Waals surface area contributed by atoms with Crippen LogP contribution in [0.15, 0.2) is 24.0 Å². The van der Waals surface area contributed by atoms with Crippen LogP contribution in [-0.2, 0) is 0 Å². The van der Waals surface area contributed by atoms with Gasteiger partial charge in [0.05, 0.1) is 23.5 Å². The largest absolute Gasteiger partial charge is 0.510 e. The number of aliphatic hydroxyl groups excluding tert-OH is 1. The maximum atomic E-state index is 10.3. The van der Waals surface area contributed by atoms with Crippen LogP contribution in [0.5, 0.6) is 5.75 Å². The monoisotopic (exact) mass is 315 g/mol. The van der Waals surface area contributed by atoms with E-state index in [2.05, 4.69) is 4.98 Å². The number of anilines is 1. The molecule has 6 heteroatoms. The number of aromatic hydroxyl groups is 1. The Kier molecular flexibility index (Phi) is 3.41. The minimum Gasteiger partial charge on any atom is -0.510 e. The van der Waals surface area contributed by atoms with Gasteiger partial charge in [-0.1, -0.05) is 6.07 Å². The Morgan fingerprint density at radius 2 is 1.95 bits per heavy atom. The molecule has 3 N–H and O–H groups in total. The van der Waals surface area contributed by atoms with Crippen LogP contribution in [0.2, 0.25) is 0 Å². The van der Waals surface area contributed by atoms with Crippen molar-refractivity contribution >= 4 is 28.4 Å². The number of hydrogen-bond donors (Lipinski definition) is 3. The number of hydrogen-bond acceptors (Lipinski definition) is 5. The van der Waals surface area contributed by atoms with E-state index >= 15 is 0 Å². The SMILES string of the molecule is Cc1ccc(N2CC(O)=C(c3nc(C)c(C)s3)C2=N)c(O)c1.